The lowest BCUT2D eigenvalue weighted by atomic mass is 10.1. The molecule has 1 fully saturated rings. The topological polar surface area (TPSA) is 292 Å². The number of phosphoric ester groups is 2. The number of H-pyrrole nitrogens is 1. The molecule has 20 nitrogen and oxygen atoms in total. The van der Waals surface area contributed by atoms with Crippen LogP contribution in [0.4, 0.5) is 0 Å². The van der Waals surface area contributed by atoms with Gasteiger partial charge in [-0.15, -0.1) is 0 Å². The van der Waals surface area contributed by atoms with Crippen LogP contribution < -0.4 is 26.9 Å². The van der Waals surface area contributed by atoms with Crippen LogP contribution in [-0.2, 0) is 54.6 Å². The lowest BCUT2D eigenvalue weighted by molar-refractivity contribution is -0.135. The van der Waals surface area contributed by atoms with Gasteiger partial charge in [-0.05, 0) is 60.7 Å². The Morgan fingerprint density at radius 2 is 1.38 bits per heavy atom. The van der Waals surface area contributed by atoms with E-state index in [-0.39, 0.29) is 54.4 Å². The van der Waals surface area contributed by atoms with Crippen LogP contribution in [0.1, 0.15) is 107 Å². The monoisotopic (exact) mass is 880 g/mol. The van der Waals surface area contributed by atoms with Crippen LogP contribution in [0.5, 0.6) is 11.5 Å². The number of rotatable bonds is 25. The molecule has 5 N–H and O–H groups in total. The van der Waals surface area contributed by atoms with E-state index in [0.717, 1.165) is 43.1 Å². The van der Waals surface area contributed by atoms with Crippen molar-refractivity contribution in [2.75, 3.05) is 6.61 Å². The molecule has 0 saturated carbocycles. The molecule has 1 saturated heterocycles. The minimum Gasteiger partial charge on any atom is -0.427 e. The second-order valence-electron chi connectivity index (χ2n) is 13.8. The molecule has 1 aromatic heterocycles. The molecule has 22 heteroatoms. The van der Waals surface area contributed by atoms with Crippen LogP contribution >= 0.6 is 15.6 Å². The fourth-order valence-corrected chi connectivity index (χ4v) is 8.40. The van der Waals surface area contributed by atoms with Crippen molar-refractivity contribution in [3.05, 3.63) is 103 Å². The highest BCUT2D eigenvalue weighted by molar-refractivity contribution is 7.61. The van der Waals surface area contributed by atoms with E-state index in [1.807, 2.05) is 0 Å². The van der Waals surface area contributed by atoms with Crippen molar-refractivity contribution in [1.29, 1.82) is 0 Å². The molecule has 0 aliphatic carbocycles. The first-order chi connectivity index (χ1) is 28.2. The van der Waals surface area contributed by atoms with Crippen molar-refractivity contribution in [2.45, 2.75) is 123 Å². The maximum Gasteiger partial charge on any atom is 0.484 e. The van der Waals surface area contributed by atoms with Gasteiger partial charge in [-0.1, -0.05) is 81.8 Å². The van der Waals surface area contributed by atoms with Crippen LogP contribution in [0.15, 0.2) is 69.4 Å². The fraction of sp³-hybridized carbons (Fsp3) is 0.526. The summed E-state index contributed by atoms with van der Waals surface area (Å²) < 4.78 is 66.2. The number of ether oxygens (including phenoxy) is 3. The van der Waals surface area contributed by atoms with Gasteiger partial charge in [0.15, 0.2) is 0 Å². The first kappa shape index (κ1) is 49.9. The van der Waals surface area contributed by atoms with Crippen molar-refractivity contribution < 1.29 is 55.7 Å². The predicted molar refractivity (Wildman–Crippen MR) is 218 cm³/mol. The van der Waals surface area contributed by atoms with E-state index in [4.69, 9.17) is 37.6 Å². The molecule has 1 aliphatic rings. The van der Waals surface area contributed by atoms with Crippen LogP contribution in [-0.4, -0.2) is 45.1 Å². The van der Waals surface area contributed by atoms with Gasteiger partial charge in [-0.25, -0.2) is 13.9 Å². The molecule has 60 heavy (non-hydrogen) atoms. The van der Waals surface area contributed by atoms with Gasteiger partial charge >= 0.3 is 33.3 Å². The van der Waals surface area contributed by atoms with Crippen LogP contribution in [0, 0.1) is 6.92 Å². The maximum absolute atomic E-state index is 14.0. The molecule has 1 aliphatic heterocycles. The third kappa shape index (κ3) is 16.5. The summed E-state index contributed by atoms with van der Waals surface area (Å²) in [6.07, 6.45) is 6.91. The van der Waals surface area contributed by atoms with Gasteiger partial charge < -0.3 is 25.3 Å². The lowest BCUT2D eigenvalue weighted by Gasteiger charge is -2.22. The number of unbranched alkanes of at least 4 members (excludes halogenated alkanes) is 6. The fourth-order valence-electron chi connectivity index (χ4n) is 5.80. The number of aromatic amines is 1. The summed E-state index contributed by atoms with van der Waals surface area (Å²) in [5.41, 5.74) is 8.76. The number of nitrogens with zero attached hydrogens (tertiary/aromatic N) is 4. The quantitative estimate of drug-likeness (QED) is 0.0137. The summed E-state index contributed by atoms with van der Waals surface area (Å²) in [4.78, 5) is 64.5. The minimum atomic E-state index is -5.30. The van der Waals surface area contributed by atoms with E-state index in [1.54, 1.807) is 0 Å². The Morgan fingerprint density at radius 1 is 0.867 bits per heavy atom. The number of esters is 2. The average molecular weight is 881 g/mol. The Labute approximate surface area is 347 Å². The van der Waals surface area contributed by atoms with Crippen molar-refractivity contribution in [1.82, 2.24) is 15.7 Å². The third-order valence-electron chi connectivity index (χ3n) is 9.02. The Kier molecular flexibility index (Phi) is 20.6. The lowest BCUT2D eigenvalue weighted by Crippen LogP contribution is -2.33. The smallest absolute Gasteiger partial charge is 0.427 e. The number of carbonyl (C=O) groups is 2. The van der Waals surface area contributed by atoms with Crippen LogP contribution in [0.2, 0.25) is 0 Å². The summed E-state index contributed by atoms with van der Waals surface area (Å²) in [5.74, 6) is -0.207. The summed E-state index contributed by atoms with van der Waals surface area (Å²) in [7, 11) is -10.3. The molecule has 0 amide bonds. The number of carbonyl (C=O) groups excluding carboxylic acids is 2. The van der Waals surface area contributed by atoms with Crippen LogP contribution in [0.3, 0.4) is 0 Å². The van der Waals surface area contributed by atoms with E-state index in [2.05, 4.69) is 28.9 Å². The first-order valence-electron chi connectivity index (χ1n) is 19.4. The number of phosphoric acid groups is 2. The molecule has 2 unspecified atom stereocenters. The second-order valence-corrected chi connectivity index (χ2v) is 17.1. The zero-order valence-corrected chi connectivity index (χ0v) is 35.8. The molecule has 0 radical (unpaired) electrons. The molecule has 0 spiro atoms. The van der Waals surface area contributed by atoms with Crippen molar-refractivity contribution in [2.24, 2.45) is 5.11 Å². The van der Waals surface area contributed by atoms with E-state index in [9.17, 15) is 33.2 Å². The molecular formula is C38H54N6O14P2. The average Bonchev–Trinajstić information content (AvgIpc) is 3.60. The molecule has 2 heterocycles. The van der Waals surface area contributed by atoms with E-state index >= 15 is 0 Å². The number of nitrogens with one attached hydrogen (secondary N) is 1. The molecule has 2 aromatic carbocycles. The molecule has 4 rings (SSSR count). The predicted octanol–water partition coefficient (Wildman–Crippen LogP) is 8.40. The standard InChI is InChI=1S/C38H51N5O14P2.H3N/c1-4-6-8-10-12-35(44)54-30-18-14-28(15-19-30)24-52-59(50,53-25-29-16-20-31(21-17-29)55-36(45)13-11-9-7-5-2)57-58(48,49)51-26-33-32(41-42-39)22-34(56-33)43-23-27(3)37(46)40-38(43)47;/h14-21,23,32-34H,4-13,22,24-26H2,1-3H3,(H,48,49)(H,40,46,47);1H3/t32?,33-,34-;/m1./s1. The Morgan fingerprint density at radius 3 is 1.87 bits per heavy atom. The van der Waals surface area contributed by atoms with Gasteiger partial charge in [-0.2, -0.15) is 4.31 Å². The van der Waals surface area contributed by atoms with Crippen molar-refractivity contribution in [3.63, 3.8) is 0 Å². The number of azide groups is 1. The van der Waals surface area contributed by atoms with E-state index < -0.39 is 65.1 Å². The minimum absolute atomic E-state index is 0. The highest BCUT2D eigenvalue weighted by Crippen LogP contribution is 2.64. The number of hydrogen-bond donors (Lipinski definition) is 3. The summed E-state index contributed by atoms with van der Waals surface area (Å²) >= 11 is 0. The normalized spacial score (nSPS) is 17.2. The summed E-state index contributed by atoms with van der Waals surface area (Å²) in [6, 6.07) is 11.2. The first-order valence-corrected chi connectivity index (χ1v) is 22.4. The van der Waals surface area contributed by atoms with Gasteiger partial charge in [0.05, 0.1) is 32.0 Å². The van der Waals surface area contributed by atoms with Crippen LogP contribution in [0.25, 0.3) is 10.4 Å². The van der Waals surface area contributed by atoms with Gasteiger partial charge in [0.2, 0.25) is 0 Å². The van der Waals surface area contributed by atoms with Crippen molar-refractivity contribution >= 4 is 27.6 Å². The van der Waals surface area contributed by atoms with Gasteiger partial charge in [0.25, 0.3) is 5.56 Å². The highest BCUT2D eigenvalue weighted by atomic mass is 31.3. The molecule has 330 valence electrons. The SMILES string of the molecule is CCCCCCC(=O)Oc1ccc(COP(=O)(OCc2ccc(OC(=O)CCCCCC)cc2)OP(=O)(O)OC[C@H]2O[C@@H](n3cc(C)c(=O)[nH]c3=O)CC2N=[N+]=[N-])cc1.N. The van der Waals surface area contributed by atoms with E-state index in [1.165, 1.54) is 61.7 Å². The van der Waals surface area contributed by atoms with Gasteiger partial charge in [0, 0.05) is 35.9 Å². The zero-order valence-electron chi connectivity index (χ0n) is 34.0. The largest absolute Gasteiger partial charge is 0.484 e. The Balaban J connectivity index is 0.00000961. The Hall–Kier alpha value is -4.45. The second kappa shape index (κ2) is 24.7. The molecule has 3 aromatic rings. The number of aryl methyl sites for hydroxylation is 1. The maximum atomic E-state index is 14.0. The van der Waals surface area contributed by atoms with Gasteiger partial charge in [-0.3, -0.25) is 37.5 Å². The number of hydrogen-bond acceptors (Lipinski definition) is 15. The highest BCUT2D eigenvalue weighted by Gasteiger charge is 2.42. The van der Waals surface area contributed by atoms with Gasteiger partial charge in [0.1, 0.15) is 17.7 Å². The van der Waals surface area contributed by atoms with E-state index in [0.29, 0.717) is 24.0 Å². The molecular weight excluding hydrogens is 826 g/mol. The summed E-state index contributed by atoms with van der Waals surface area (Å²) in [5, 5.41) is 3.65. The zero-order chi connectivity index (χ0) is 42.8. The Bertz CT molecular complexity index is 2030. The van der Waals surface area contributed by atoms with Crippen molar-refractivity contribution in [3.8, 4) is 11.5 Å². The molecule has 4 atom stereocenters. The number of benzene rings is 2. The molecule has 0 bridgehead atoms. The third-order valence-corrected chi connectivity index (χ3v) is 12.0. The number of aromatic nitrogens is 2. The summed E-state index contributed by atoms with van der Waals surface area (Å²) in [6.45, 7) is 3.99.